The summed E-state index contributed by atoms with van der Waals surface area (Å²) in [6, 6.07) is 7.32. The second-order valence-corrected chi connectivity index (χ2v) is 5.34. The van der Waals surface area contributed by atoms with Crippen molar-refractivity contribution in [1.29, 1.82) is 0 Å². The minimum atomic E-state index is -0.0502. The number of methoxy groups -OCH3 is 1. The third-order valence-corrected chi connectivity index (χ3v) is 3.88. The van der Waals surface area contributed by atoms with Crippen LogP contribution in [-0.4, -0.2) is 48.8 Å². The van der Waals surface area contributed by atoms with Gasteiger partial charge in [-0.1, -0.05) is 0 Å². The van der Waals surface area contributed by atoms with Gasteiger partial charge in [0.05, 0.1) is 13.2 Å². The molecule has 0 aromatic heterocycles. The van der Waals surface area contributed by atoms with Crippen molar-refractivity contribution < 1.29 is 14.6 Å². The summed E-state index contributed by atoms with van der Waals surface area (Å²) in [7, 11) is 1.62. The van der Waals surface area contributed by atoms with E-state index in [0.717, 1.165) is 50.2 Å². The van der Waals surface area contributed by atoms with Gasteiger partial charge in [0.25, 0.3) is 0 Å². The third-order valence-electron chi connectivity index (χ3n) is 3.88. The number of aliphatic hydroxyl groups is 1. The van der Waals surface area contributed by atoms with Crippen LogP contribution in [0.25, 0.3) is 0 Å². The molecule has 1 fully saturated rings. The van der Waals surface area contributed by atoms with E-state index in [9.17, 15) is 4.79 Å². The van der Waals surface area contributed by atoms with E-state index in [0.29, 0.717) is 0 Å². The number of ether oxygens (including phenoxy) is 1. The van der Waals surface area contributed by atoms with Crippen LogP contribution in [0.1, 0.15) is 25.7 Å². The highest BCUT2D eigenvalue weighted by molar-refractivity contribution is 5.95. The van der Waals surface area contributed by atoms with Crippen LogP contribution < -0.4 is 10.1 Å². The summed E-state index contributed by atoms with van der Waals surface area (Å²) in [4.78, 5) is 14.6. The van der Waals surface area contributed by atoms with Crippen LogP contribution in [-0.2, 0) is 4.79 Å². The number of carbonyl (C=O) groups is 1. The van der Waals surface area contributed by atoms with E-state index < -0.39 is 0 Å². The summed E-state index contributed by atoms with van der Waals surface area (Å²) in [6.07, 6.45) is 3.69. The van der Waals surface area contributed by atoms with Crippen molar-refractivity contribution >= 4 is 11.6 Å². The zero-order valence-electron chi connectivity index (χ0n) is 12.5. The topological polar surface area (TPSA) is 61.8 Å². The number of rotatable bonds is 7. The lowest BCUT2D eigenvalue weighted by atomic mass is 10.2. The average molecular weight is 292 g/mol. The zero-order chi connectivity index (χ0) is 15.1. The van der Waals surface area contributed by atoms with Crippen LogP contribution in [0.5, 0.6) is 5.75 Å². The molecule has 116 valence electrons. The highest BCUT2D eigenvalue weighted by atomic mass is 16.5. The van der Waals surface area contributed by atoms with Gasteiger partial charge in [-0.3, -0.25) is 9.69 Å². The standard InChI is InChI=1S/C16H24N2O3/c1-21-14-8-6-13(7-9-14)17-16(20)15-5-4-11-18(15)10-2-3-12-19/h6-9,15,19H,2-5,10-12H2,1H3,(H,17,20). The van der Waals surface area contributed by atoms with Gasteiger partial charge in [0.2, 0.25) is 5.91 Å². The minimum Gasteiger partial charge on any atom is -0.497 e. The summed E-state index contributed by atoms with van der Waals surface area (Å²) in [6.45, 7) is 2.06. The lowest BCUT2D eigenvalue weighted by Crippen LogP contribution is -2.40. The highest BCUT2D eigenvalue weighted by Gasteiger charge is 2.30. The summed E-state index contributed by atoms with van der Waals surface area (Å²) >= 11 is 0. The Kier molecular flexibility index (Phi) is 6.02. The van der Waals surface area contributed by atoms with E-state index in [1.54, 1.807) is 7.11 Å². The number of unbranched alkanes of at least 4 members (excludes halogenated alkanes) is 1. The summed E-state index contributed by atoms with van der Waals surface area (Å²) in [5.74, 6) is 0.834. The lowest BCUT2D eigenvalue weighted by Gasteiger charge is -2.23. The molecule has 1 heterocycles. The van der Waals surface area contributed by atoms with Crippen molar-refractivity contribution in [1.82, 2.24) is 4.90 Å². The Balaban J connectivity index is 1.88. The first-order valence-corrected chi connectivity index (χ1v) is 7.54. The summed E-state index contributed by atoms with van der Waals surface area (Å²) in [5.41, 5.74) is 0.794. The molecule has 5 heteroatoms. The van der Waals surface area contributed by atoms with Crippen molar-refractivity contribution in [3.8, 4) is 5.75 Å². The fourth-order valence-electron chi connectivity index (χ4n) is 2.72. The second-order valence-electron chi connectivity index (χ2n) is 5.34. The number of nitrogens with one attached hydrogen (secondary N) is 1. The zero-order valence-corrected chi connectivity index (χ0v) is 12.5. The molecule has 1 unspecified atom stereocenters. The molecule has 1 aliphatic rings. The van der Waals surface area contributed by atoms with E-state index in [1.807, 2.05) is 24.3 Å². The van der Waals surface area contributed by atoms with Gasteiger partial charge < -0.3 is 15.2 Å². The first kappa shape index (κ1) is 15.8. The van der Waals surface area contributed by atoms with Crippen molar-refractivity contribution in [2.45, 2.75) is 31.7 Å². The Labute approximate surface area is 125 Å². The third kappa shape index (κ3) is 4.44. The van der Waals surface area contributed by atoms with E-state index >= 15 is 0 Å². The molecule has 0 aliphatic carbocycles. The van der Waals surface area contributed by atoms with Crippen molar-refractivity contribution in [2.24, 2.45) is 0 Å². The molecule has 1 amide bonds. The maximum atomic E-state index is 12.4. The molecule has 5 nitrogen and oxygen atoms in total. The quantitative estimate of drug-likeness (QED) is 0.753. The number of amides is 1. The number of likely N-dealkylation sites (tertiary alicyclic amines) is 1. The average Bonchev–Trinajstić information content (AvgIpc) is 2.97. The summed E-state index contributed by atoms with van der Waals surface area (Å²) < 4.78 is 5.10. The molecular formula is C16H24N2O3. The van der Waals surface area contributed by atoms with Gasteiger partial charge in [0, 0.05) is 12.3 Å². The van der Waals surface area contributed by atoms with Crippen molar-refractivity contribution in [3.05, 3.63) is 24.3 Å². The van der Waals surface area contributed by atoms with E-state index in [-0.39, 0.29) is 18.6 Å². The lowest BCUT2D eigenvalue weighted by molar-refractivity contribution is -0.120. The molecule has 1 aliphatic heterocycles. The maximum absolute atomic E-state index is 12.4. The van der Waals surface area contributed by atoms with Gasteiger partial charge >= 0.3 is 0 Å². The number of carbonyl (C=O) groups excluding carboxylic acids is 1. The smallest absolute Gasteiger partial charge is 0.241 e. The van der Waals surface area contributed by atoms with Gasteiger partial charge in [-0.25, -0.2) is 0 Å². The molecule has 1 atom stereocenters. The molecule has 21 heavy (non-hydrogen) atoms. The van der Waals surface area contributed by atoms with Crippen LogP contribution >= 0.6 is 0 Å². The van der Waals surface area contributed by atoms with Gasteiger partial charge in [-0.2, -0.15) is 0 Å². The first-order chi connectivity index (χ1) is 10.2. The number of nitrogens with zero attached hydrogens (tertiary/aromatic N) is 1. The van der Waals surface area contributed by atoms with Gasteiger partial charge in [-0.05, 0) is 63.0 Å². The normalized spacial score (nSPS) is 18.7. The monoisotopic (exact) mass is 292 g/mol. The number of benzene rings is 1. The predicted molar refractivity (Wildman–Crippen MR) is 82.5 cm³/mol. The van der Waals surface area contributed by atoms with E-state index in [1.165, 1.54) is 0 Å². The SMILES string of the molecule is COc1ccc(NC(=O)C2CCCN2CCCCO)cc1. The molecular weight excluding hydrogens is 268 g/mol. The van der Waals surface area contributed by atoms with Crippen LogP contribution in [0.2, 0.25) is 0 Å². The minimum absolute atomic E-state index is 0.0502. The van der Waals surface area contributed by atoms with Crippen LogP contribution in [0, 0.1) is 0 Å². The van der Waals surface area contributed by atoms with Crippen LogP contribution in [0.4, 0.5) is 5.69 Å². The first-order valence-electron chi connectivity index (χ1n) is 7.54. The fourth-order valence-corrected chi connectivity index (χ4v) is 2.72. The highest BCUT2D eigenvalue weighted by Crippen LogP contribution is 2.21. The predicted octanol–water partition coefficient (Wildman–Crippen LogP) is 1.87. The molecule has 0 radical (unpaired) electrons. The number of hydrogen-bond donors (Lipinski definition) is 2. The molecule has 1 aromatic carbocycles. The second kappa shape index (κ2) is 8.00. The molecule has 1 aromatic rings. The fraction of sp³-hybridized carbons (Fsp3) is 0.562. The Morgan fingerprint density at radius 3 is 2.81 bits per heavy atom. The Hall–Kier alpha value is -1.59. The molecule has 1 saturated heterocycles. The van der Waals surface area contributed by atoms with Gasteiger partial charge in [-0.15, -0.1) is 0 Å². The van der Waals surface area contributed by atoms with Crippen molar-refractivity contribution in [3.63, 3.8) is 0 Å². The molecule has 0 bridgehead atoms. The Morgan fingerprint density at radius 1 is 1.38 bits per heavy atom. The molecule has 0 spiro atoms. The molecule has 2 N–H and O–H groups in total. The Bertz CT molecular complexity index is 447. The Morgan fingerprint density at radius 2 is 2.14 bits per heavy atom. The van der Waals surface area contributed by atoms with E-state index in [4.69, 9.17) is 9.84 Å². The van der Waals surface area contributed by atoms with Crippen molar-refractivity contribution in [2.75, 3.05) is 32.1 Å². The van der Waals surface area contributed by atoms with Gasteiger partial charge in [0.1, 0.15) is 5.75 Å². The number of aliphatic hydroxyl groups excluding tert-OH is 1. The number of hydrogen-bond acceptors (Lipinski definition) is 4. The maximum Gasteiger partial charge on any atom is 0.241 e. The van der Waals surface area contributed by atoms with E-state index in [2.05, 4.69) is 10.2 Å². The molecule has 0 saturated carbocycles. The largest absolute Gasteiger partial charge is 0.497 e. The van der Waals surface area contributed by atoms with Gasteiger partial charge in [0.15, 0.2) is 0 Å². The molecule has 2 rings (SSSR count). The van der Waals surface area contributed by atoms with Crippen LogP contribution in [0.15, 0.2) is 24.3 Å². The summed E-state index contributed by atoms with van der Waals surface area (Å²) in [5, 5.41) is 11.8. The number of anilines is 1. The van der Waals surface area contributed by atoms with Crippen LogP contribution in [0.3, 0.4) is 0 Å².